The van der Waals surface area contributed by atoms with Crippen LogP contribution in [0.4, 0.5) is 5.69 Å². The first-order valence-corrected chi connectivity index (χ1v) is 6.56. The Labute approximate surface area is 111 Å². The van der Waals surface area contributed by atoms with Gasteiger partial charge in [-0.2, -0.15) is 0 Å². The van der Waals surface area contributed by atoms with Gasteiger partial charge in [-0.05, 0) is 25.5 Å². The molecule has 0 bridgehead atoms. The van der Waals surface area contributed by atoms with Crippen LogP contribution in [0.25, 0.3) is 0 Å². The van der Waals surface area contributed by atoms with Gasteiger partial charge in [-0.3, -0.25) is 0 Å². The predicted molar refractivity (Wildman–Crippen MR) is 70.1 cm³/mol. The van der Waals surface area contributed by atoms with E-state index in [2.05, 4.69) is 11.8 Å². The van der Waals surface area contributed by atoms with Gasteiger partial charge in [0.05, 0.1) is 24.4 Å². The fraction of sp³-hybridized carbons (Fsp3) is 0.500. The number of nitrogens with zero attached hydrogens (tertiary/aromatic N) is 1. The van der Waals surface area contributed by atoms with Crippen molar-refractivity contribution in [2.24, 2.45) is 0 Å². The topological polar surface area (TPSA) is 59.0 Å². The number of anilines is 1. The molecule has 1 aromatic rings. The van der Waals surface area contributed by atoms with Gasteiger partial charge in [0, 0.05) is 6.61 Å². The summed E-state index contributed by atoms with van der Waals surface area (Å²) in [6, 6.07) is 5.57. The van der Waals surface area contributed by atoms with Crippen LogP contribution in [0.15, 0.2) is 18.2 Å². The van der Waals surface area contributed by atoms with Crippen LogP contribution in [0.5, 0.6) is 5.75 Å². The molecule has 0 spiro atoms. The predicted octanol–water partition coefficient (Wildman–Crippen LogP) is 1.76. The van der Waals surface area contributed by atoms with Gasteiger partial charge in [0.25, 0.3) is 0 Å². The zero-order chi connectivity index (χ0) is 13.4. The van der Waals surface area contributed by atoms with Crippen molar-refractivity contribution in [3.8, 4) is 5.75 Å². The van der Waals surface area contributed by atoms with Crippen molar-refractivity contribution in [3.63, 3.8) is 0 Å². The van der Waals surface area contributed by atoms with E-state index in [1.54, 1.807) is 12.1 Å². The summed E-state index contributed by atoms with van der Waals surface area (Å²) in [6.07, 6.45) is 1.14. The number of benzene rings is 1. The van der Waals surface area contributed by atoms with Crippen LogP contribution in [0.2, 0.25) is 0 Å². The third-order valence-corrected chi connectivity index (χ3v) is 3.85. The normalized spacial score (nSPS) is 25.8. The summed E-state index contributed by atoms with van der Waals surface area (Å²) < 4.78 is 11.2. The van der Waals surface area contributed by atoms with E-state index in [1.807, 2.05) is 6.07 Å². The summed E-state index contributed by atoms with van der Waals surface area (Å²) in [5.41, 5.74) is 1.10. The first kappa shape index (κ1) is 12.3. The molecule has 0 aromatic heterocycles. The molecule has 3 rings (SSSR count). The van der Waals surface area contributed by atoms with Crippen molar-refractivity contribution < 1.29 is 19.4 Å². The molecule has 102 valence electrons. The summed E-state index contributed by atoms with van der Waals surface area (Å²) in [5, 5.41) is 9.22. The van der Waals surface area contributed by atoms with E-state index in [9.17, 15) is 9.90 Å². The molecule has 0 radical (unpaired) electrons. The van der Waals surface area contributed by atoms with Crippen molar-refractivity contribution in [2.75, 3.05) is 24.7 Å². The highest BCUT2D eigenvalue weighted by Gasteiger charge is 2.34. The average molecular weight is 263 g/mol. The van der Waals surface area contributed by atoms with Crippen molar-refractivity contribution >= 4 is 11.7 Å². The Balaban J connectivity index is 2.00. The van der Waals surface area contributed by atoms with Gasteiger partial charge < -0.3 is 19.5 Å². The van der Waals surface area contributed by atoms with Crippen LogP contribution in [0, 0.1) is 0 Å². The average Bonchev–Trinajstić information content (AvgIpc) is 2.83. The molecule has 19 heavy (non-hydrogen) atoms. The summed E-state index contributed by atoms with van der Waals surface area (Å²) in [4.78, 5) is 13.5. The molecule has 0 aliphatic carbocycles. The number of aromatic carboxylic acids is 1. The standard InChI is InChI=1S/C14H17NO4/c1-9-11(5-7-18-9)15-6-8-19-13-10(14(16)17)3-2-4-12(13)15/h2-4,9,11H,5-8H2,1H3,(H,16,17). The van der Waals surface area contributed by atoms with Crippen LogP contribution in [0.1, 0.15) is 23.7 Å². The maximum Gasteiger partial charge on any atom is 0.339 e. The first-order chi connectivity index (χ1) is 9.18. The van der Waals surface area contributed by atoms with Gasteiger partial charge in [-0.15, -0.1) is 0 Å². The maximum atomic E-state index is 11.2. The molecule has 2 heterocycles. The number of rotatable bonds is 2. The fourth-order valence-corrected chi connectivity index (χ4v) is 2.91. The number of hydrogen-bond donors (Lipinski definition) is 1. The van der Waals surface area contributed by atoms with Gasteiger partial charge in [-0.25, -0.2) is 4.79 Å². The number of hydrogen-bond acceptors (Lipinski definition) is 4. The number of para-hydroxylation sites is 1. The molecule has 1 fully saturated rings. The summed E-state index contributed by atoms with van der Waals surface area (Å²) in [6.45, 7) is 4.11. The Hall–Kier alpha value is -1.75. The minimum absolute atomic E-state index is 0.166. The molecule has 1 aromatic carbocycles. The van der Waals surface area contributed by atoms with Gasteiger partial charge in [-0.1, -0.05) is 6.07 Å². The number of fused-ring (bicyclic) bond motifs is 1. The molecular formula is C14H17NO4. The Morgan fingerprint density at radius 2 is 2.26 bits per heavy atom. The second-order valence-corrected chi connectivity index (χ2v) is 4.93. The summed E-state index contributed by atoms with van der Waals surface area (Å²) in [5.74, 6) is -0.463. The number of carboxylic acid groups (broad SMARTS) is 1. The highest BCUT2D eigenvalue weighted by Crippen LogP contribution is 2.38. The van der Waals surface area contributed by atoms with Crippen LogP contribution in [-0.2, 0) is 4.74 Å². The van der Waals surface area contributed by atoms with E-state index >= 15 is 0 Å². The molecule has 2 aliphatic heterocycles. The highest BCUT2D eigenvalue weighted by atomic mass is 16.5. The molecule has 5 nitrogen and oxygen atoms in total. The molecular weight excluding hydrogens is 246 g/mol. The molecule has 5 heteroatoms. The lowest BCUT2D eigenvalue weighted by Gasteiger charge is -2.37. The van der Waals surface area contributed by atoms with Crippen molar-refractivity contribution in [2.45, 2.75) is 25.5 Å². The molecule has 0 amide bonds. The fourth-order valence-electron chi connectivity index (χ4n) is 2.91. The van der Waals surface area contributed by atoms with Crippen LogP contribution in [-0.4, -0.2) is 43.0 Å². The van der Waals surface area contributed by atoms with Gasteiger partial charge in [0.2, 0.25) is 0 Å². The van der Waals surface area contributed by atoms with E-state index in [-0.39, 0.29) is 11.7 Å². The third kappa shape index (κ3) is 2.04. The Kier molecular flexibility index (Phi) is 3.06. The first-order valence-electron chi connectivity index (χ1n) is 6.56. The lowest BCUT2D eigenvalue weighted by Crippen LogP contribution is -2.44. The highest BCUT2D eigenvalue weighted by molar-refractivity contribution is 5.93. The van der Waals surface area contributed by atoms with Gasteiger partial charge in [0.1, 0.15) is 12.2 Å². The van der Waals surface area contributed by atoms with Gasteiger partial charge in [0.15, 0.2) is 5.75 Å². The molecule has 1 saturated heterocycles. The third-order valence-electron chi connectivity index (χ3n) is 3.85. The summed E-state index contributed by atoms with van der Waals surface area (Å²) >= 11 is 0. The van der Waals surface area contributed by atoms with Crippen LogP contribution in [0.3, 0.4) is 0 Å². The molecule has 2 unspecified atom stereocenters. The van der Waals surface area contributed by atoms with Gasteiger partial charge >= 0.3 is 5.97 Å². The van der Waals surface area contributed by atoms with Crippen molar-refractivity contribution in [3.05, 3.63) is 23.8 Å². The Morgan fingerprint density at radius 1 is 1.42 bits per heavy atom. The minimum atomic E-state index is -0.950. The van der Waals surface area contributed by atoms with Crippen LogP contribution >= 0.6 is 0 Å². The minimum Gasteiger partial charge on any atom is -0.489 e. The second kappa shape index (κ2) is 4.74. The largest absolute Gasteiger partial charge is 0.489 e. The van der Waals surface area contributed by atoms with Crippen molar-refractivity contribution in [1.82, 2.24) is 0 Å². The van der Waals surface area contributed by atoms with Crippen LogP contribution < -0.4 is 9.64 Å². The van der Waals surface area contributed by atoms with E-state index in [0.29, 0.717) is 18.4 Å². The lowest BCUT2D eigenvalue weighted by molar-refractivity contribution is 0.0691. The number of carbonyl (C=O) groups is 1. The van der Waals surface area contributed by atoms with E-state index < -0.39 is 5.97 Å². The zero-order valence-corrected chi connectivity index (χ0v) is 10.8. The summed E-state index contributed by atoms with van der Waals surface area (Å²) in [7, 11) is 0. The van der Waals surface area contributed by atoms with E-state index in [1.165, 1.54) is 0 Å². The smallest absolute Gasteiger partial charge is 0.339 e. The van der Waals surface area contributed by atoms with E-state index in [0.717, 1.165) is 25.3 Å². The Morgan fingerprint density at radius 3 is 2.95 bits per heavy atom. The Bertz CT molecular complexity index is 502. The lowest BCUT2D eigenvalue weighted by atomic mass is 10.1. The molecule has 2 aliphatic rings. The maximum absolute atomic E-state index is 11.2. The quantitative estimate of drug-likeness (QED) is 0.881. The second-order valence-electron chi connectivity index (χ2n) is 4.93. The SMILES string of the molecule is CC1OCCC1N1CCOc2c(C(=O)O)cccc21. The molecule has 0 saturated carbocycles. The zero-order valence-electron chi connectivity index (χ0n) is 10.8. The van der Waals surface area contributed by atoms with E-state index in [4.69, 9.17) is 9.47 Å². The number of ether oxygens (including phenoxy) is 2. The molecule has 1 N–H and O–H groups in total. The monoisotopic (exact) mass is 263 g/mol. The number of carboxylic acids is 1. The molecule has 2 atom stereocenters. The van der Waals surface area contributed by atoms with Crippen molar-refractivity contribution in [1.29, 1.82) is 0 Å².